The summed E-state index contributed by atoms with van der Waals surface area (Å²) in [5.74, 6) is -4.09. The fourth-order valence-electron chi connectivity index (χ4n) is 6.30. The zero-order valence-corrected chi connectivity index (χ0v) is 27.9. The highest BCUT2D eigenvalue weighted by Crippen LogP contribution is 2.60. The van der Waals surface area contributed by atoms with Gasteiger partial charge < -0.3 is 4.74 Å². The van der Waals surface area contributed by atoms with Crippen LogP contribution in [0.2, 0.25) is 15.1 Å². The van der Waals surface area contributed by atoms with E-state index in [1.165, 1.54) is 66.7 Å². The molecule has 0 radical (unpaired) electrons. The molecular formula is C31H21Br2Cl3N2O6. The lowest BCUT2D eigenvalue weighted by Gasteiger charge is -2.31. The number of Topliss-reactive ketones (excluding diaryl/α,β-unsaturated/α-hetero) is 1. The third-order valence-corrected chi connectivity index (χ3v) is 12.4. The zero-order chi connectivity index (χ0) is 31.4. The van der Waals surface area contributed by atoms with Crippen LogP contribution in [0.15, 0.2) is 66.7 Å². The Labute approximate surface area is 283 Å². The maximum Gasteiger partial charge on any atom is 0.345 e. The summed E-state index contributed by atoms with van der Waals surface area (Å²) in [6.45, 7) is -0.581. The van der Waals surface area contributed by atoms with E-state index in [1.807, 2.05) is 0 Å². The first-order valence-electron chi connectivity index (χ1n) is 13.5. The Morgan fingerprint density at radius 2 is 1.34 bits per heavy atom. The summed E-state index contributed by atoms with van der Waals surface area (Å²) in [5, 5.41) is 2.68. The number of nitrogens with zero attached hydrogens (tertiary/aromatic N) is 2. The van der Waals surface area contributed by atoms with Crippen LogP contribution in [-0.4, -0.2) is 55.7 Å². The molecule has 8 nitrogen and oxygen atoms in total. The predicted molar refractivity (Wildman–Crippen MR) is 171 cm³/mol. The lowest BCUT2D eigenvalue weighted by atomic mass is 9.81. The summed E-state index contributed by atoms with van der Waals surface area (Å²) < 4.78 is 5.38. The Morgan fingerprint density at radius 3 is 1.91 bits per heavy atom. The SMILES string of the molecule is O=C(CN(C(=O)c1ccc(Cl)cc1)N1C(=O)[C@@H]2[C@H]3C[C@@H]([C@H](Br)[C@@H]3Br)[C@@H]2C1=O)c1ccc(OC(=O)c2ccc(Cl)cc2Cl)cc1. The van der Waals surface area contributed by atoms with Crippen molar-refractivity contribution in [1.29, 1.82) is 0 Å². The van der Waals surface area contributed by atoms with E-state index in [9.17, 15) is 24.0 Å². The molecule has 3 fully saturated rings. The van der Waals surface area contributed by atoms with Gasteiger partial charge in [-0.2, -0.15) is 5.01 Å². The number of hydrogen-bond acceptors (Lipinski definition) is 6. The summed E-state index contributed by atoms with van der Waals surface area (Å²) in [7, 11) is 0. The first-order chi connectivity index (χ1) is 21.0. The number of carbonyl (C=O) groups excluding carboxylic acids is 5. The van der Waals surface area contributed by atoms with Gasteiger partial charge in [-0.1, -0.05) is 66.7 Å². The topological polar surface area (TPSA) is 101 Å². The number of hydrazine groups is 1. The van der Waals surface area contributed by atoms with E-state index in [-0.39, 0.29) is 49.0 Å². The van der Waals surface area contributed by atoms with Crippen molar-refractivity contribution in [3.8, 4) is 5.75 Å². The molecule has 1 heterocycles. The van der Waals surface area contributed by atoms with Crippen molar-refractivity contribution in [1.82, 2.24) is 10.0 Å². The van der Waals surface area contributed by atoms with E-state index in [0.717, 1.165) is 16.4 Å². The quantitative estimate of drug-likeness (QED) is 0.0852. The number of esters is 1. The lowest BCUT2D eigenvalue weighted by Crippen LogP contribution is -2.52. The Balaban J connectivity index is 1.24. The van der Waals surface area contributed by atoms with Gasteiger partial charge in [-0.05, 0) is 85.0 Å². The standard InChI is InChI=1S/C31H21Br2Cl3N2O6/c32-26-20-12-21(27(26)33)25-24(20)29(41)38(30(25)42)37(28(40)15-1-5-16(34)6-2-15)13-23(39)14-3-8-18(9-4-14)44-31(43)19-10-7-17(35)11-22(19)36/h1-11,20-21,24-27H,12-13H2/t20-,21-,24-,25+,26-,27+/m1/s1. The molecular weight excluding hydrogens is 763 g/mol. The van der Waals surface area contributed by atoms with Gasteiger partial charge in [-0.15, -0.1) is 0 Å². The molecule has 1 saturated heterocycles. The summed E-state index contributed by atoms with van der Waals surface area (Å²) >= 11 is 25.3. The normalized spacial score (nSPS) is 25.2. The minimum absolute atomic E-state index is 0.0100. The molecule has 2 saturated carbocycles. The summed E-state index contributed by atoms with van der Waals surface area (Å²) in [6, 6.07) is 16.0. The van der Waals surface area contributed by atoms with Crippen molar-refractivity contribution in [2.75, 3.05) is 6.54 Å². The molecule has 1 aliphatic heterocycles. The van der Waals surface area contributed by atoms with Crippen LogP contribution < -0.4 is 4.74 Å². The van der Waals surface area contributed by atoms with Crippen molar-refractivity contribution in [2.24, 2.45) is 23.7 Å². The number of fused-ring (bicyclic) bond motifs is 5. The van der Waals surface area contributed by atoms with Gasteiger partial charge >= 0.3 is 5.97 Å². The zero-order valence-electron chi connectivity index (χ0n) is 22.5. The van der Waals surface area contributed by atoms with Crippen LogP contribution in [0, 0.1) is 23.7 Å². The molecule has 3 aromatic carbocycles. The third kappa shape index (κ3) is 5.49. The third-order valence-electron chi connectivity index (χ3n) is 8.36. The molecule has 0 aromatic heterocycles. The van der Waals surface area contributed by atoms with Crippen LogP contribution in [0.1, 0.15) is 37.5 Å². The Hall–Kier alpha value is -2.76. The second-order valence-electron chi connectivity index (χ2n) is 10.8. The number of halogens is 5. The van der Waals surface area contributed by atoms with E-state index in [1.54, 1.807) is 0 Å². The average molecular weight is 784 g/mol. The second-order valence-corrected chi connectivity index (χ2v) is 14.2. The van der Waals surface area contributed by atoms with Gasteiger partial charge in [-0.25, -0.2) is 9.80 Å². The van der Waals surface area contributed by atoms with Gasteiger partial charge in [0.2, 0.25) is 0 Å². The van der Waals surface area contributed by atoms with Crippen molar-refractivity contribution >= 4 is 96.1 Å². The highest BCUT2D eigenvalue weighted by molar-refractivity contribution is 9.12. The van der Waals surface area contributed by atoms with Gasteiger partial charge in [0.05, 0.1) is 22.4 Å². The minimum atomic E-state index is -0.715. The van der Waals surface area contributed by atoms with E-state index in [2.05, 4.69) is 31.9 Å². The first-order valence-corrected chi connectivity index (χ1v) is 16.5. The second kappa shape index (κ2) is 12.2. The molecule has 226 valence electrons. The lowest BCUT2D eigenvalue weighted by molar-refractivity contribution is -0.154. The predicted octanol–water partition coefficient (Wildman–Crippen LogP) is 6.88. The van der Waals surface area contributed by atoms with E-state index in [4.69, 9.17) is 39.5 Å². The van der Waals surface area contributed by atoms with Crippen LogP contribution in [0.4, 0.5) is 0 Å². The van der Waals surface area contributed by atoms with Gasteiger partial charge in [0.1, 0.15) is 12.3 Å². The monoisotopic (exact) mass is 780 g/mol. The highest BCUT2D eigenvalue weighted by Gasteiger charge is 2.67. The number of ketones is 1. The molecule has 2 bridgehead atoms. The van der Waals surface area contributed by atoms with Crippen LogP contribution in [-0.2, 0) is 9.59 Å². The van der Waals surface area contributed by atoms with Gasteiger partial charge in [0.15, 0.2) is 5.78 Å². The minimum Gasteiger partial charge on any atom is -0.423 e. The molecule has 6 atom stereocenters. The molecule has 44 heavy (non-hydrogen) atoms. The van der Waals surface area contributed by atoms with Crippen molar-refractivity contribution < 1.29 is 28.7 Å². The molecule has 6 rings (SSSR count). The van der Waals surface area contributed by atoms with Crippen LogP contribution >= 0.6 is 66.7 Å². The summed E-state index contributed by atoms with van der Waals surface area (Å²) in [5.41, 5.74) is 0.439. The number of imide groups is 1. The van der Waals surface area contributed by atoms with Crippen molar-refractivity contribution in [3.05, 3.63) is 98.5 Å². The number of rotatable bonds is 7. The average Bonchev–Trinajstić information content (AvgIpc) is 3.61. The maximum absolute atomic E-state index is 13.8. The first kappa shape index (κ1) is 31.2. The van der Waals surface area contributed by atoms with Crippen LogP contribution in [0.25, 0.3) is 0 Å². The smallest absolute Gasteiger partial charge is 0.345 e. The highest BCUT2D eigenvalue weighted by atomic mass is 79.9. The molecule has 3 aliphatic rings. The number of carbonyl (C=O) groups is 5. The van der Waals surface area contributed by atoms with E-state index >= 15 is 0 Å². The number of ether oxygens (including phenoxy) is 1. The van der Waals surface area contributed by atoms with Crippen LogP contribution in [0.3, 0.4) is 0 Å². The fourth-order valence-corrected chi connectivity index (χ4v) is 8.78. The number of benzene rings is 3. The molecule has 2 aliphatic carbocycles. The molecule has 0 spiro atoms. The molecule has 13 heteroatoms. The van der Waals surface area contributed by atoms with Crippen molar-refractivity contribution in [3.63, 3.8) is 0 Å². The Morgan fingerprint density at radius 1 is 0.795 bits per heavy atom. The summed E-state index contributed by atoms with van der Waals surface area (Å²) in [6.07, 6.45) is 0.720. The summed E-state index contributed by atoms with van der Waals surface area (Å²) in [4.78, 5) is 67.4. The largest absolute Gasteiger partial charge is 0.423 e. The number of alkyl halides is 2. The Kier molecular flexibility index (Phi) is 8.67. The van der Waals surface area contributed by atoms with Crippen LogP contribution in [0.5, 0.6) is 5.75 Å². The molecule has 3 amide bonds. The molecule has 0 N–H and O–H groups in total. The van der Waals surface area contributed by atoms with Gasteiger partial charge in [0, 0.05) is 30.8 Å². The van der Waals surface area contributed by atoms with Crippen molar-refractivity contribution in [2.45, 2.75) is 16.1 Å². The number of hydrogen-bond donors (Lipinski definition) is 0. The Bertz CT molecular complexity index is 1670. The van der Waals surface area contributed by atoms with E-state index in [0.29, 0.717) is 10.0 Å². The molecule has 0 unspecified atom stereocenters. The molecule has 3 aromatic rings. The fraction of sp³-hybridized carbons (Fsp3) is 0.258. The van der Waals surface area contributed by atoms with Gasteiger partial charge in [-0.3, -0.25) is 19.2 Å². The maximum atomic E-state index is 13.8. The van der Waals surface area contributed by atoms with E-state index < -0.39 is 47.9 Å². The number of amides is 3. The van der Waals surface area contributed by atoms with Gasteiger partial charge in [0.25, 0.3) is 17.7 Å².